The molecule has 0 saturated carbocycles. The van der Waals surface area contributed by atoms with E-state index in [-0.39, 0.29) is 5.57 Å². The highest BCUT2D eigenvalue weighted by molar-refractivity contribution is 14.1. The van der Waals surface area contributed by atoms with E-state index < -0.39 is 18.3 Å². The van der Waals surface area contributed by atoms with Gasteiger partial charge in [0, 0.05) is 20.4 Å². The number of carbonyl (C=O) groups is 1. The van der Waals surface area contributed by atoms with Crippen molar-refractivity contribution >= 4 is 56.1 Å². The number of halogens is 4. The van der Waals surface area contributed by atoms with Crippen molar-refractivity contribution in [1.29, 1.82) is 0 Å². The maximum atomic E-state index is 14.5. The second kappa shape index (κ2) is 6.62. The highest BCUT2D eigenvalue weighted by Gasteiger charge is 2.34. The Bertz CT molecular complexity index is 653. The minimum atomic E-state index is -1.75. The fraction of sp³-hybridized carbons (Fsp3) is 0.231. The summed E-state index contributed by atoms with van der Waals surface area (Å²) in [7, 11) is 0. The summed E-state index contributed by atoms with van der Waals surface area (Å²) in [4.78, 5) is 16.7. The number of rotatable bonds is 3. The van der Waals surface area contributed by atoms with E-state index >= 15 is 0 Å². The minimum Gasteiger partial charge on any atom is -0.478 e. The van der Waals surface area contributed by atoms with Gasteiger partial charge in [0.25, 0.3) is 0 Å². The second-order valence-corrected chi connectivity index (χ2v) is 6.85. The molecule has 2 unspecified atom stereocenters. The average molecular weight is 487 g/mol. The lowest BCUT2D eigenvalue weighted by Gasteiger charge is -2.33. The van der Waals surface area contributed by atoms with E-state index in [1.165, 1.54) is 11.1 Å². The van der Waals surface area contributed by atoms with Crippen molar-refractivity contribution in [1.82, 2.24) is 9.88 Å². The molecule has 0 bridgehead atoms. The molecule has 2 rings (SSSR count). The van der Waals surface area contributed by atoms with Gasteiger partial charge in [0.1, 0.15) is 5.57 Å². The van der Waals surface area contributed by atoms with Gasteiger partial charge in [0.2, 0.25) is 6.30 Å². The van der Waals surface area contributed by atoms with Crippen molar-refractivity contribution in [2.45, 2.75) is 19.3 Å². The van der Waals surface area contributed by atoms with Gasteiger partial charge in [-0.3, -0.25) is 4.98 Å². The predicted octanol–water partition coefficient (Wildman–Crippen LogP) is 4.46. The van der Waals surface area contributed by atoms with Crippen LogP contribution in [0.3, 0.4) is 0 Å². The number of aromatic nitrogens is 1. The van der Waals surface area contributed by atoms with E-state index in [1.807, 2.05) is 0 Å². The quantitative estimate of drug-likeness (QED) is 0.506. The Morgan fingerprint density at radius 3 is 2.90 bits per heavy atom. The van der Waals surface area contributed by atoms with Crippen LogP contribution in [0.1, 0.15) is 18.7 Å². The highest BCUT2D eigenvalue weighted by Crippen LogP contribution is 2.35. The maximum absolute atomic E-state index is 14.5. The molecule has 21 heavy (non-hydrogen) atoms. The number of alkyl halides is 1. The summed E-state index contributed by atoms with van der Waals surface area (Å²) < 4.78 is 15.6. The maximum Gasteiger partial charge on any atom is 0.337 e. The first kappa shape index (κ1) is 16.7. The molecule has 1 aromatic rings. The van der Waals surface area contributed by atoms with Crippen molar-refractivity contribution in [2.75, 3.05) is 0 Å². The van der Waals surface area contributed by atoms with Gasteiger partial charge in [-0.05, 0) is 57.6 Å². The number of allylic oxidation sites excluding steroid dienone is 2. The standard InChI is InChI=1S/C13H10BrClFIN2O2/c1-6(11-8(15)4-7(14)5-18-11)19-3-2-9(17)10(12(19)16)13(20)21/h2-6,12H,1H3,(H,20,21). The molecular formula is C13H10BrClFIN2O2. The van der Waals surface area contributed by atoms with Gasteiger partial charge in [0.15, 0.2) is 0 Å². The number of hydrogen-bond acceptors (Lipinski definition) is 3. The van der Waals surface area contributed by atoms with Gasteiger partial charge in [-0.2, -0.15) is 0 Å². The summed E-state index contributed by atoms with van der Waals surface area (Å²) in [6, 6.07) is 1.16. The van der Waals surface area contributed by atoms with Crippen LogP contribution in [0.25, 0.3) is 0 Å². The Morgan fingerprint density at radius 1 is 1.67 bits per heavy atom. The molecule has 1 N–H and O–H groups in total. The molecule has 4 nitrogen and oxygen atoms in total. The summed E-state index contributed by atoms with van der Waals surface area (Å²) in [5.74, 6) is -1.27. The molecule has 0 spiro atoms. The Kier molecular flexibility index (Phi) is 5.26. The van der Waals surface area contributed by atoms with Gasteiger partial charge < -0.3 is 10.0 Å². The van der Waals surface area contributed by atoms with Crippen molar-refractivity contribution in [3.05, 3.63) is 48.9 Å². The largest absolute Gasteiger partial charge is 0.478 e. The predicted molar refractivity (Wildman–Crippen MR) is 89.9 cm³/mol. The monoisotopic (exact) mass is 486 g/mol. The first-order valence-corrected chi connectivity index (χ1v) is 8.11. The Labute approximate surface area is 147 Å². The zero-order valence-corrected chi connectivity index (χ0v) is 15.2. The van der Waals surface area contributed by atoms with Crippen LogP contribution < -0.4 is 0 Å². The molecule has 8 heteroatoms. The van der Waals surface area contributed by atoms with Crippen LogP contribution in [0.2, 0.25) is 5.02 Å². The zero-order chi connectivity index (χ0) is 15.7. The van der Waals surface area contributed by atoms with Crippen LogP contribution in [0.5, 0.6) is 0 Å². The number of carboxylic acid groups (broad SMARTS) is 1. The SMILES string of the molecule is CC(c1ncc(Br)cc1Cl)N1C=CC(I)=C(C(=O)O)C1F. The van der Waals surface area contributed by atoms with Crippen molar-refractivity contribution < 1.29 is 14.3 Å². The minimum absolute atomic E-state index is 0.279. The van der Waals surface area contributed by atoms with E-state index in [4.69, 9.17) is 16.7 Å². The van der Waals surface area contributed by atoms with E-state index in [0.717, 1.165) is 4.47 Å². The molecule has 2 heterocycles. The molecule has 0 saturated heterocycles. The number of nitrogens with zero attached hydrogens (tertiary/aromatic N) is 2. The third-order valence-corrected chi connectivity index (χ3v) is 4.74. The molecular weight excluding hydrogens is 477 g/mol. The van der Waals surface area contributed by atoms with Gasteiger partial charge in [-0.15, -0.1) is 0 Å². The molecule has 0 aromatic carbocycles. The van der Waals surface area contributed by atoms with Crippen LogP contribution in [-0.4, -0.2) is 27.3 Å². The fourth-order valence-electron chi connectivity index (χ4n) is 1.98. The van der Waals surface area contributed by atoms with Crippen LogP contribution in [0.15, 0.2) is 38.2 Å². The molecule has 0 aliphatic carbocycles. The number of aliphatic carboxylic acids is 1. The van der Waals surface area contributed by atoms with Gasteiger partial charge in [-0.25, -0.2) is 9.18 Å². The third-order valence-electron chi connectivity index (χ3n) is 3.06. The van der Waals surface area contributed by atoms with Crippen LogP contribution >= 0.6 is 50.1 Å². The Hall–Kier alpha value is -0.670. The van der Waals surface area contributed by atoms with E-state index in [9.17, 15) is 9.18 Å². The van der Waals surface area contributed by atoms with Crippen LogP contribution in [-0.2, 0) is 4.79 Å². The van der Waals surface area contributed by atoms with E-state index in [1.54, 1.807) is 47.9 Å². The van der Waals surface area contributed by atoms with E-state index in [0.29, 0.717) is 14.3 Å². The number of pyridine rings is 1. The summed E-state index contributed by atoms with van der Waals surface area (Å²) >= 11 is 11.2. The first-order valence-electron chi connectivity index (χ1n) is 5.86. The number of carboxylic acids is 1. The summed E-state index contributed by atoms with van der Waals surface area (Å²) in [6.07, 6.45) is 2.89. The molecule has 0 fully saturated rings. The number of hydrogen-bond donors (Lipinski definition) is 1. The Balaban J connectivity index is 2.35. The molecule has 0 amide bonds. The molecule has 1 aliphatic rings. The van der Waals surface area contributed by atoms with Gasteiger partial charge in [-0.1, -0.05) is 11.6 Å². The molecule has 1 aliphatic heterocycles. The summed E-state index contributed by atoms with van der Waals surface area (Å²) in [6.45, 7) is 1.72. The van der Waals surface area contributed by atoms with Crippen LogP contribution in [0.4, 0.5) is 4.39 Å². The second-order valence-electron chi connectivity index (χ2n) is 4.36. The van der Waals surface area contributed by atoms with Gasteiger partial charge >= 0.3 is 5.97 Å². The van der Waals surface area contributed by atoms with Gasteiger partial charge in [0.05, 0.1) is 16.8 Å². The molecule has 0 radical (unpaired) electrons. The molecule has 2 atom stereocenters. The fourth-order valence-corrected chi connectivity index (χ4v) is 3.42. The molecule has 112 valence electrons. The van der Waals surface area contributed by atoms with Crippen molar-refractivity contribution in [3.63, 3.8) is 0 Å². The average Bonchev–Trinajstić information content (AvgIpc) is 2.37. The van der Waals surface area contributed by atoms with Crippen LogP contribution in [0, 0.1) is 0 Å². The van der Waals surface area contributed by atoms with Crippen molar-refractivity contribution in [3.8, 4) is 0 Å². The zero-order valence-electron chi connectivity index (χ0n) is 10.7. The lowest BCUT2D eigenvalue weighted by Crippen LogP contribution is -2.36. The normalized spacial score (nSPS) is 19.9. The van der Waals surface area contributed by atoms with Crippen molar-refractivity contribution in [2.24, 2.45) is 0 Å². The highest BCUT2D eigenvalue weighted by atomic mass is 127. The topological polar surface area (TPSA) is 53.4 Å². The third kappa shape index (κ3) is 3.40. The first-order chi connectivity index (χ1) is 9.82. The summed E-state index contributed by atoms with van der Waals surface area (Å²) in [5, 5.41) is 9.52. The van der Waals surface area contributed by atoms with E-state index in [2.05, 4.69) is 20.9 Å². The lowest BCUT2D eigenvalue weighted by atomic mass is 10.1. The summed E-state index contributed by atoms with van der Waals surface area (Å²) in [5.41, 5.74) is 0.201. The smallest absolute Gasteiger partial charge is 0.337 e. The molecule has 1 aromatic heterocycles. The lowest BCUT2D eigenvalue weighted by molar-refractivity contribution is -0.134. The Morgan fingerprint density at radius 2 is 2.33 bits per heavy atom.